The van der Waals surface area contributed by atoms with Crippen molar-refractivity contribution in [3.63, 3.8) is 0 Å². The highest BCUT2D eigenvalue weighted by Crippen LogP contribution is 2.28. The molecule has 0 unspecified atom stereocenters. The van der Waals surface area contributed by atoms with E-state index in [1.54, 1.807) is 0 Å². The molecule has 1 aromatic heterocycles. The summed E-state index contributed by atoms with van der Waals surface area (Å²) in [6, 6.07) is 0.531. The number of carboxylic acid groups (broad SMARTS) is 1. The van der Waals surface area contributed by atoms with Crippen LogP contribution in [0.15, 0.2) is 6.07 Å². The van der Waals surface area contributed by atoms with Gasteiger partial charge in [-0.15, -0.1) is 0 Å². The first kappa shape index (κ1) is 11.8. The Morgan fingerprint density at radius 2 is 2.19 bits per heavy atom. The van der Waals surface area contributed by atoms with E-state index in [2.05, 4.69) is 4.98 Å². The second kappa shape index (κ2) is 4.04. The topological polar surface area (TPSA) is 119 Å². The number of anilines is 1. The Hall–Kier alpha value is -2.32. The Morgan fingerprint density at radius 1 is 1.62 bits per heavy atom. The monoisotopic (exact) mass is 233 g/mol. The van der Waals surface area contributed by atoms with Gasteiger partial charge >= 0.3 is 18.2 Å². The third-order valence-corrected chi connectivity index (χ3v) is 1.70. The van der Waals surface area contributed by atoms with Crippen LogP contribution in [0.4, 0.5) is 20.3 Å². The van der Waals surface area contributed by atoms with Gasteiger partial charge in [-0.05, 0) is 9.91 Å². The average Bonchev–Trinajstić information content (AvgIpc) is 2.16. The second-order valence-corrected chi connectivity index (χ2v) is 2.69. The molecule has 3 N–H and O–H groups in total. The number of alkyl halides is 2. The lowest BCUT2D eigenvalue weighted by molar-refractivity contribution is -0.389. The number of hydrogen-bond donors (Lipinski definition) is 2. The second-order valence-electron chi connectivity index (χ2n) is 2.69. The first-order valence-electron chi connectivity index (χ1n) is 3.80. The fourth-order valence-electron chi connectivity index (χ4n) is 0.998. The molecule has 1 rings (SSSR count). The number of nitrogen functional groups attached to an aromatic ring is 1. The molecule has 0 spiro atoms. The molecule has 9 heteroatoms. The number of rotatable bonds is 3. The van der Waals surface area contributed by atoms with Crippen LogP contribution in [-0.4, -0.2) is 21.0 Å². The average molecular weight is 233 g/mol. The van der Waals surface area contributed by atoms with Crippen LogP contribution in [0.25, 0.3) is 0 Å². The molecule has 0 fully saturated rings. The van der Waals surface area contributed by atoms with Gasteiger partial charge in [-0.3, -0.25) is 0 Å². The predicted octanol–water partition coefficient (Wildman–Crippen LogP) is 1.21. The van der Waals surface area contributed by atoms with E-state index < -0.39 is 40.1 Å². The summed E-state index contributed by atoms with van der Waals surface area (Å²) < 4.78 is 24.7. The van der Waals surface area contributed by atoms with Crippen molar-refractivity contribution < 1.29 is 23.6 Å². The Balaban J connectivity index is 3.51. The van der Waals surface area contributed by atoms with Crippen molar-refractivity contribution in [3.8, 4) is 0 Å². The third-order valence-electron chi connectivity index (χ3n) is 1.70. The number of nitrogens with two attached hydrogens (primary N) is 1. The van der Waals surface area contributed by atoms with Crippen molar-refractivity contribution >= 4 is 17.5 Å². The van der Waals surface area contributed by atoms with Crippen molar-refractivity contribution in [2.24, 2.45) is 0 Å². The van der Waals surface area contributed by atoms with Crippen LogP contribution in [0, 0.1) is 10.1 Å². The number of pyridine rings is 1. The maximum absolute atomic E-state index is 12.4. The highest BCUT2D eigenvalue weighted by atomic mass is 19.3. The van der Waals surface area contributed by atoms with Gasteiger partial charge in [0, 0.05) is 0 Å². The summed E-state index contributed by atoms with van der Waals surface area (Å²) in [5, 5.41) is 18.9. The van der Waals surface area contributed by atoms with E-state index in [0.29, 0.717) is 6.07 Å². The lowest BCUT2D eigenvalue weighted by Crippen LogP contribution is -2.10. The van der Waals surface area contributed by atoms with E-state index in [1.807, 2.05) is 0 Å². The van der Waals surface area contributed by atoms with E-state index in [1.165, 1.54) is 0 Å². The molecule has 86 valence electrons. The SMILES string of the molecule is Nc1c(C(=O)O)cc([N+](=O)[O-])nc1C(F)F. The molecule has 0 amide bonds. The minimum Gasteiger partial charge on any atom is -0.478 e. The Morgan fingerprint density at radius 3 is 2.56 bits per heavy atom. The molecule has 16 heavy (non-hydrogen) atoms. The highest BCUT2D eigenvalue weighted by Gasteiger charge is 2.28. The van der Waals surface area contributed by atoms with E-state index >= 15 is 0 Å². The van der Waals surface area contributed by atoms with Gasteiger partial charge in [0.2, 0.25) is 5.69 Å². The summed E-state index contributed by atoms with van der Waals surface area (Å²) in [5.41, 5.74) is 2.47. The van der Waals surface area contributed by atoms with E-state index in [-0.39, 0.29) is 0 Å². The summed E-state index contributed by atoms with van der Waals surface area (Å²) in [7, 11) is 0. The predicted molar refractivity (Wildman–Crippen MR) is 47.2 cm³/mol. The third kappa shape index (κ3) is 2.02. The van der Waals surface area contributed by atoms with Gasteiger partial charge in [-0.2, -0.15) is 0 Å². The standard InChI is InChI=1S/C7H5F2N3O4/c8-6(9)5-4(10)2(7(13)14)1-3(11-5)12(15)16/h1,6H,10H2,(H,13,14). The smallest absolute Gasteiger partial charge is 0.364 e. The number of nitro groups is 1. The number of carbonyl (C=O) groups is 1. The summed E-state index contributed by atoms with van der Waals surface area (Å²) in [6.45, 7) is 0. The molecule has 0 saturated carbocycles. The van der Waals surface area contributed by atoms with Gasteiger partial charge in [0.15, 0.2) is 0 Å². The molecule has 0 aliphatic heterocycles. The summed E-state index contributed by atoms with van der Waals surface area (Å²) in [6.07, 6.45) is -3.18. The first-order valence-corrected chi connectivity index (χ1v) is 3.80. The summed E-state index contributed by atoms with van der Waals surface area (Å²) >= 11 is 0. The van der Waals surface area contributed by atoms with Crippen LogP contribution >= 0.6 is 0 Å². The van der Waals surface area contributed by atoms with Crippen LogP contribution in [-0.2, 0) is 0 Å². The minimum atomic E-state index is -3.18. The lowest BCUT2D eigenvalue weighted by atomic mass is 10.1. The van der Waals surface area contributed by atoms with Crippen LogP contribution in [0.1, 0.15) is 22.5 Å². The van der Waals surface area contributed by atoms with Gasteiger partial charge in [-0.1, -0.05) is 0 Å². The quantitative estimate of drug-likeness (QED) is 0.598. The van der Waals surface area contributed by atoms with E-state index in [0.717, 1.165) is 0 Å². The van der Waals surface area contributed by atoms with Crippen molar-refractivity contribution in [1.29, 1.82) is 0 Å². The van der Waals surface area contributed by atoms with Crippen molar-refractivity contribution in [1.82, 2.24) is 4.98 Å². The molecular weight excluding hydrogens is 228 g/mol. The molecule has 0 aliphatic rings. The van der Waals surface area contributed by atoms with Gasteiger partial charge < -0.3 is 21.0 Å². The number of nitrogens with zero attached hydrogens (tertiary/aromatic N) is 2. The Labute approximate surface area is 86.7 Å². The molecule has 0 aliphatic carbocycles. The molecule has 0 radical (unpaired) electrons. The fraction of sp³-hybridized carbons (Fsp3) is 0.143. The van der Waals surface area contributed by atoms with Gasteiger partial charge in [-0.25, -0.2) is 13.6 Å². The molecule has 0 aromatic carbocycles. The number of halogens is 2. The molecule has 7 nitrogen and oxygen atoms in total. The van der Waals surface area contributed by atoms with Crippen molar-refractivity contribution in [2.45, 2.75) is 6.43 Å². The lowest BCUT2D eigenvalue weighted by Gasteiger charge is -2.03. The molecule has 1 aromatic rings. The number of aromatic nitrogens is 1. The van der Waals surface area contributed by atoms with Gasteiger partial charge in [0.1, 0.15) is 5.69 Å². The largest absolute Gasteiger partial charge is 0.478 e. The van der Waals surface area contributed by atoms with Crippen LogP contribution in [0.5, 0.6) is 0 Å². The molecule has 0 saturated heterocycles. The number of aromatic carboxylic acids is 1. The zero-order chi connectivity index (χ0) is 12.5. The zero-order valence-electron chi connectivity index (χ0n) is 7.55. The molecular formula is C7H5F2N3O4. The highest BCUT2D eigenvalue weighted by molar-refractivity contribution is 5.94. The Bertz CT molecular complexity index is 463. The molecule has 0 atom stereocenters. The number of carboxylic acids is 1. The zero-order valence-corrected chi connectivity index (χ0v) is 7.55. The van der Waals surface area contributed by atoms with E-state index in [9.17, 15) is 23.7 Å². The molecule has 0 bridgehead atoms. The van der Waals surface area contributed by atoms with Crippen LogP contribution in [0.3, 0.4) is 0 Å². The fourth-order valence-corrected chi connectivity index (χ4v) is 0.998. The van der Waals surface area contributed by atoms with E-state index in [4.69, 9.17) is 10.8 Å². The molecule has 1 heterocycles. The van der Waals surface area contributed by atoms with Crippen molar-refractivity contribution in [2.75, 3.05) is 5.73 Å². The first-order chi connectivity index (χ1) is 7.34. The number of hydrogen-bond acceptors (Lipinski definition) is 5. The van der Waals surface area contributed by atoms with Crippen LogP contribution in [0.2, 0.25) is 0 Å². The maximum Gasteiger partial charge on any atom is 0.364 e. The van der Waals surface area contributed by atoms with Crippen molar-refractivity contribution in [3.05, 3.63) is 27.4 Å². The normalized spacial score (nSPS) is 10.4. The Kier molecular flexibility index (Phi) is 2.97. The summed E-state index contributed by atoms with van der Waals surface area (Å²) in [5.74, 6) is -2.62. The minimum absolute atomic E-state index is 0.531. The maximum atomic E-state index is 12.4. The van der Waals surface area contributed by atoms with Crippen LogP contribution < -0.4 is 5.73 Å². The summed E-state index contributed by atoms with van der Waals surface area (Å²) in [4.78, 5) is 22.8. The van der Waals surface area contributed by atoms with Gasteiger partial charge in [0.05, 0.1) is 11.6 Å². The van der Waals surface area contributed by atoms with Gasteiger partial charge in [0.25, 0.3) is 0 Å².